The van der Waals surface area contributed by atoms with Crippen molar-refractivity contribution >= 4 is 33.3 Å². The van der Waals surface area contributed by atoms with Crippen LogP contribution in [-0.2, 0) is 0 Å². The van der Waals surface area contributed by atoms with Gasteiger partial charge in [0.15, 0.2) is 5.13 Å². The van der Waals surface area contributed by atoms with Crippen molar-refractivity contribution in [1.29, 1.82) is 0 Å². The van der Waals surface area contributed by atoms with E-state index in [-0.39, 0.29) is 5.91 Å². The molecule has 1 aliphatic carbocycles. The zero-order chi connectivity index (χ0) is 15.1. The van der Waals surface area contributed by atoms with Gasteiger partial charge in [-0.05, 0) is 31.9 Å². The molecule has 1 saturated carbocycles. The lowest BCUT2D eigenvalue weighted by Crippen LogP contribution is -2.13. The number of hydrogen-bond donors (Lipinski definition) is 1. The van der Waals surface area contributed by atoms with E-state index in [4.69, 9.17) is 4.98 Å². The molecule has 22 heavy (non-hydrogen) atoms. The standard InChI is InChI=1S/C17H15N3OS/c1-10-9-18-17(22-10)20-16(21)13-8-15(11-6-7-11)19-14-5-3-2-4-12(13)14/h2-5,8-9,11H,6-7H2,1H3,(H,18,20,21). The van der Waals surface area contributed by atoms with E-state index in [1.54, 1.807) is 6.20 Å². The summed E-state index contributed by atoms with van der Waals surface area (Å²) in [5.74, 6) is 0.396. The molecule has 0 unspecified atom stereocenters. The van der Waals surface area contributed by atoms with E-state index < -0.39 is 0 Å². The van der Waals surface area contributed by atoms with Gasteiger partial charge in [0.05, 0.1) is 11.1 Å². The maximum Gasteiger partial charge on any atom is 0.258 e. The van der Waals surface area contributed by atoms with Gasteiger partial charge in [0.1, 0.15) is 0 Å². The van der Waals surface area contributed by atoms with E-state index in [1.165, 1.54) is 11.3 Å². The first-order valence-corrected chi connectivity index (χ1v) is 8.16. The Bertz CT molecular complexity index is 867. The van der Waals surface area contributed by atoms with Gasteiger partial charge in [0.25, 0.3) is 5.91 Å². The number of carbonyl (C=O) groups is 1. The molecule has 0 saturated heterocycles. The second-order valence-corrected chi connectivity index (χ2v) is 6.85. The van der Waals surface area contributed by atoms with Crippen LogP contribution in [-0.4, -0.2) is 15.9 Å². The number of thiazole rings is 1. The van der Waals surface area contributed by atoms with Crippen molar-refractivity contribution in [2.75, 3.05) is 5.32 Å². The van der Waals surface area contributed by atoms with E-state index in [0.717, 1.165) is 34.3 Å². The maximum absolute atomic E-state index is 12.7. The van der Waals surface area contributed by atoms with Crippen molar-refractivity contribution in [3.05, 3.63) is 52.7 Å². The molecule has 1 aliphatic rings. The fourth-order valence-electron chi connectivity index (χ4n) is 2.55. The number of aromatic nitrogens is 2. The van der Waals surface area contributed by atoms with Gasteiger partial charge in [-0.3, -0.25) is 15.1 Å². The molecule has 1 aromatic carbocycles. The molecule has 0 aliphatic heterocycles. The summed E-state index contributed by atoms with van der Waals surface area (Å²) in [6, 6.07) is 9.74. The Morgan fingerprint density at radius 1 is 1.32 bits per heavy atom. The first kappa shape index (κ1) is 13.4. The van der Waals surface area contributed by atoms with Gasteiger partial charge in [-0.2, -0.15) is 0 Å². The molecule has 4 nitrogen and oxygen atoms in total. The first-order chi connectivity index (χ1) is 10.7. The number of benzene rings is 1. The number of anilines is 1. The van der Waals surface area contributed by atoms with Gasteiger partial charge >= 0.3 is 0 Å². The van der Waals surface area contributed by atoms with E-state index in [9.17, 15) is 4.79 Å². The molecule has 2 aromatic heterocycles. The molecule has 0 spiro atoms. The van der Waals surface area contributed by atoms with Crippen LogP contribution in [0.1, 0.15) is 39.7 Å². The van der Waals surface area contributed by atoms with Crippen molar-refractivity contribution < 1.29 is 4.79 Å². The minimum atomic E-state index is -0.116. The third kappa shape index (κ3) is 2.48. The predicted octanol–water partition coefficient (Wildman–Crippen LogP) is 4.13. The molecular formula is C17H15N3OS. The summed E-state index contributed by atoms with van der Waals surface area (Å²) >= 11 is 1.48. The summed E-state index contributed by atoms with van der Waals surface area (Å²) in [5.41, 5.74) is 2.59. The molecule has 4 rings (SSSR count). The molecular weight excluding hydrogens is 294 g/mol. The van der Waals surface area contributed by atoms with Crippen LogP contribution in [0.25, 0.3) is 10.9 Å². The zero-order valence-corrected chi connectivity index (χ0v) is 13.0. The second kappa shape index (κ2) is 5.18. The fraction of sp³-hybridized carbons (Fsp3) is 0.235. The summed E-state index contributed by atoms with van der Waals surface area (Å²) in [4.78, 5) is 22.6. The number of aryl methyl sites for hydroxylation is 1. The fourth-order valence-corrected chi connectivity index (χ4v) is 3.21. The van der Waals surface area contributed by atoms with Crippen LogP contribution in [0.2, 0.25) is 0 Å². The predicted molar refractivity (Wildman–Crippen MR) is 88.5 cm³/mol. The third-order valence-electron chi connectivity index (χ3n) is 3.82. The molecule has 1 amide bonds. The van der Waals surface area contributed by atoms with E-state index >= 15 is 0 Å². The van der Waals surface area contributed by atoms with E-state index in [1.807, 2.05) is 37.3 Å². The lowest BCUT2D eigenvalue weighted by Gasteiger charge is -2.08. The van der Waals surface area contributed by atoms with E-state index in [0.29, 0.717) is 16.6 Å². The van der Waals surface area contributed by atoms with Gasteiger partial charge in [0.2, 0.25) is 0 Å². The Hall–Kier alpha value is -2.27. The highest BCUT2D eigenvalue weighted by atomic mass is 32.1. The number of amides is 1. The lowest BCUT2D eigenvalue weighted by molar-refractivity contribution is 0.102. The average Bonchev–Trinajstić information content (AvgIpc) is 3.30. The molecule has 5 heteroatoms. The minimum Gasteiger partial charge on any atom is -0.298 e. The smallest absolute Gasteiger partial charge is 0.258 e. The summed E-state index contributed by atoms with van der Waals surface area (Å²) in [6.07, 6.45) is 4.09. The molecule has 0 radical (unpaired) electrons. The second-order valence-electron chi connectivity index (χ2n) is 5.62. The molecule has 0 bridgehead atoms. The first-order valence-electron chi connectivity index (χ1n) is 7.34. The Balaban J connectivity index is 1.77. The number of pyridine rings is 1. The van der Waals surface area contributed by atoms with Crippen LogP contribution in [0.4, 0.5) is 5.13 Å². The quantitative estimate of drug-likeness (QED) is 0.791. The lowest BCUT2D eigenvalue weighted by atomic mass is 10.1. The summed E-state index contributed by atoms with van der Waals surface area (Å²) in [5, 5.41) is 4.42. The highest BCUT2D eigenvalue weighted by Crippen LogP contribution is 2.40. The van der Waals surface area contributed by atoms with Crippen LogP contribution in [0.3, 0.4) is 0 Å². The Morgan fingerprint density at radius 3 is 2.86 bits per heavy atom. The van der Waals surface area contributed by atoms with Gasteiger partial charge in [-0.25, -0.2) is 4.98 Å². The van der Waals surface area contributed by atoms with E-state index in [2.05, 4.69) is 10.3 Å². The van der Waals surface area contributed by atoms with Crippen LogP contribution in [0, 0.1) is 6.92 Å². The van der Waals surface area contributed by atoms with Gasteiger partial charge < -0.3 is 0 Å². The largest absolute Gasteiger partial charge is 0.298 e. The van der Waals surface area contributed by atoms with Crippen molar-refractivity contribution in [1.82, 2.24) is 9.97 Å². The number of carbonyl (C=O) groups excluding carboxylic acids is 1. The summed E-state index contributed by atoms with van der Waals surface area (Å²) in [6.45, 7) is 1.97. The van der Waals surface area contributed by atoms with Crippen molar-refractivity contribution in [2.24, 2.45) is 0 Å². The topological polar surface area (TPSA) is 54.9 Å². The van der Waals surface area contributed by atoms with Crippen LogP contribution in [0.5, 0.6) is 0 Å². The van der Waals surface area contributed by atoms with Crippen LogP contribution >= 0.6 is 11.3 Å². The Morgan fingerprint density at radius 2 is 2.14 bits per heavy atom. The Labute approximate surface area is 132 Å². The minimum absolute atomic E-state index is 0.116. The highest BCUT2D eigenvalue weighted by molar-refractivity contribution is 7.15. The number of fused-ring (bicyclic) bond motifs is 1. The molecule has 0 atom stereocenters. The molecule has 1 fully saturated rings. The molecule has 110 valence electrons. The maximum atomic E-state index is 12.7. The van der Waals surface area contributed by atoms with Gasteiger partial charge in [-0.15, -0.1) is 11.3 Å². The number of hydrogen-bond acceptors (Lipinski definition) is 4. The number of rotatable bonds is 3. The third-order valence-corrected chi connectivity index (χ3v) is 4.65. The normalized spacial score (nSPS) is 14.2. The van der Waals surface area contributed by atoms with Gasteiger partial charge in [-0.1, -0.05) is 18.2 Å². The average molecular weight is 309 g/mol. The molecule has 3 aromatic rings. The van der Waals surface area contributed by atoms with Crippen LogP contribution < -0.4 is 5.32 Å². The Kier molecular flexibility index (Phi) is 3.15. The number of nitrogens with zero attached hydrogens (tertiary/aromatic N) is 2. The summed E-state index contributed by atoms with van der Waals surface area (Å²) < 4.78 is 0. The van der Waals surface area contributed by atoms with Crippen molar-refractivity contribution in [3.63, 3.8) is 0 Å². The van der Waals surface area contributed by atoms with Crippen molar-refractivity contribution in [2.45, 2.75) is 25.7 Å². The molecule has 1 N–H and O–H groups in total. The molecule has 2 heterocycles. The van der Waals surface area contributed by atoms with Crippen molar-refractivity contribution in [3.8, 4) is 0 Å². The monoisotopic (exact) mass is 309 g/mol. The van der Waals surface area contributed by atoms with Gasteiger partial charge in [0, 0.05) is 28.1 Å². The zero-order valence-electron chi connectivity index (χ0n) is 12.2. The summed E-state index contributed by atoms with van der Waals surface area (Å²) in [7, 11) is 0. The SMILES string of the molecule is Cc1cnc(NC(=O)c2cc(C3CC3)nc3ccccc23)s1. The van der Waals surface area contributed by atoms with Crippen LogP contribution in [0.15, 0.2) is 36.5 Å². The highest BCUT2D eigenvalue weighted by Gasteiger charge is 2.27. The number of para-hydroxylation sites is 1. The number of nitrogens with one attached hydrogen (secondary N) is 1.